The summed E-state index contributed by atoms with van der Waals surface area (Å²) in [5, 5.41) is 0. The fourth-order valence-electron chi connectivity index (χ4n) is 1.88. The van der Waals surface area contributed by atoms with Crippen molar-refractivity contribution in [2.45, 2.75) is 13.8 Å². The van der Waals surface area contributed by atoms with Crippen LogP contribution in [0.3, 0.4) is 0 Å². The molecule has 1 aromatic rings. The molecule has 0 saturated carbocycles. The van der Waals surface area contributed by atoms with Crippen molar-refractivity contribution in [2.75, 3.05) is 6.54 Å². The van der Waals surface area contributed by atoms with E-state index in [4.69, 9.17) is 0 Å². The molecule has 0 fully saturated rings. The average molecular weight is 330 g/mol. The Morgan fingerprint density at radius 3 is 2.16 bits per heavy atom. The second kappa shape index (κ2) is 10.7. The van der Waals surface area contributed by atoms with E-state index in [0.717, 1.165) is 28.0 Å². The first-order valence-corrected chi connectivity index (χ1v) is 8.19. The van der Waals surface area contributed by atoms with Crippen LogP contribution in [0.15, 0.2) is 114 Å². The fraction of sp³-hybridized carbons (Fsp3) is 0.130. The Morgan fingerprint density at radius 1 is 0.960 bits per heavy atom. The lowest BCUT2D eigenvalue weighted by atomic mass is 10.1. The van der Waals surface area contributed by atoms with Gasteiger partial charge in [0.25, 0.3) is 0 Å². The van der Waals surface area contributed by atoms with Crippen LogP contribution in [0.1, 0.15) is 19.4 Å². The number of allylic oxidation sites excluding steroid dienone is 8. The molecule has 2 heteroatoms. The molecule has 0 spiro atoms. The van der Waals surface area contributed by atoms with Crippen molar-refractivity contribution in [1.29, 1.82) is 0 Å². The van der Waals surface area contributed by atoms with Crippen LogP contribution in [0.5, 0.6) is 0 Å². The summed E-state index contributed by atoms with van der Waals surface area (Å²) in [6.07, 6.45) is 9.18. The molecule has 0 aliphatic rings. The van der Waals surface area contributed by atoms with E-state index in [1.54, 1.807) is 6.08 Å². The van der Waals surface area contributed by atoms with Gasteiger partial charge in [0.15, 0.2) is 5.84 Å². The van der Waals surface area contributed by atoms with Crippen LogP contribution in [0.4, 0.5) is 0 Å². The maximum Gasteiger partial charge on any atom is 0.154 e. The van der Waals surface area contributed by atoms with Gasteiger partial charge in [0.05, 0.1) is 0 Å². The number of rotatable bonds is 8. The molecule has 0 aliphatic heterocycles. The first-order valence-electron chi connectivity index (χ1n) is 8.19. The highest BCUT2D eigenvalue weighted by Crippen LogP contribution is 2.11. The summed E-state index contributed by atoms with van der Waals surface area (Å²) in [7, 11) is 0. The minimum Gasteiger partial charge on any atom is -0.267 e. The van der Waals surface area contributed by atoms with Gasteiger partial charge in [-0.3, -0.25) is 4.99 Å². The minimum absolute atomic E-state index is 0.676. The fourth-order valence-corrected chi connectivity index (χ4v) is 1.88. The van der Waals surface area contributed by atoms with E-state index in [1.165, 1.54) is 0 Å². The molecule has 0 aromatic heterocycles. The van der Waals surface area contributed by atoms with Gasteiger partial charge in [0.1, 0.15) is 0 Å². The van der Waals surface area contributed by atoms with Crippen molar-refractivity contribution in [2.24, 2.45) is 9.98 Å². The van der Waals surface area contributed by atoms with E-state index in [9.17, 15) is 0 Å². The zero-order valence-electron chi connectivity index (χ0n) is 15.2. The highest BCUT2D eigenvalue weighted by atomic mass is 14.9. The lowest BCUT2D eigenvalue weighted by Crippen LogP contribution is -2.04. The molecule has 0 aliphatic carbocycles. The first kappa shape index (κ1) is 20.0. The van der Waals surface area contributed by atoms with Gasteiger partial charge in [0.2, 0.25) is 0 Å². The topological polar surface area (TPSA) is 24.7 Å². The van der Waals surface area contributed by atoms with Crippen LogP contribution < -0.4 is 0 Å². The predicted molar refractivity (Wildman–Crippen MR) is 113 cm³/mol. The van der Waals surface area contributed by atoms with E-state index in [1.807, 2.05) is 68.5 Å². The number of nitrogens with zero attached hydrogens (tertiary/aromatic N) is 2. The van der Waals surface area contributed by atoms with Gasteiger partial charge >= 0.3 is 0 Å². The zero-order chi connectivity index (χ0) is 18.7. The summed E-state index contributed by atoms with van der Waals surface area (Å²) in [6, 6.07) is 9.94. The van der Waals surface area contributed by atoms with E-state index in [2.05, 4.69) is 36.3 Å². The molecule has 2 nitrogen and oxygen atoms in total. The maximum atomic E-state index is 4.65. The molecular formula is C23H26N2. The van der Waals surface area contributed by atoms with E-state index in [-0.39, 0.29) is 0 Å². The van der Waals surface area contributed by atoms with Crippen molar-refractivity contribution in [3.05, 3.63) is 109 Å². The number of amidine groups is 1. The molecule has 0 radical (unpaired) electrons. The Balaban J connectivity index is 2.91. The SMILES string of the molecule is C=C/C=C\C(=C)C(=C)/C=C\C(=C)C(C)=NC(=NCC)c1ccccc1. The predicted octanol–water partition coefficient (Wildman–Crippen LogP) is 5.88. The second-order valence-corrected chi connectivity index (χ2v) is 5.37. The Morgan fingerprint density at radius 2 is 1.56 bits per heavy atom. The molecule has 25 heavy (non-hydrogen) atoms. The molecule has 0 unspecified atom stereocenters. The molecule has 1 rings (SSSR count). The molecule has 128 valence electrons. The van der Waals surface area contributed by atoms with Gasteiger partial charge in [0, 0.05) is 17.8 Å². The van der Waals surface area contributed by atoms with Crippen LogP contribution in [0, 0.1) is 0 Å². The van der Waals surface area contributed by atoms with Crippen molar-refractivity contribution < 1.29 is 0 Å². The summed E-state index contributed by atoms with van der Waals surface area (Å²) in [6.45, 7) is 20.3. The number of hydrogen-bond acceptors (Lipinski definition) is 1. The number of aliphatic imine (C=N–C) groups is 2. The van der Waals surface area contributed by atoms with Gasteiger partial charge in [-0.15, -0.1) is 0 Å². The van der Waals surface area contributed by atoms with E-state index in [0.29, 0.717) is 12.4 Å². The van der Waals surface area contributed by atoms with Crippen LogP contribution in [-0.4, -0.2) is 18.1 Å². The molecule has 0 bridgehead atoms. The Kier molecular flexibility index (Phi) is 8.59. The quantitative estimate of drug-likeness (QED) is 0.323. The summed E-state index contributed by atoms with van der Waals surface area (Å²) >= 11 is 0. The van der Waals surface area contributed by atoms with Gasteiger partial charge in [-0.2, -0.15) is 0 Å². The van der Waals surface area contributed by atoms with Gasteiger partial charge in [-0.25, -0.2) is 4.99 Å². The number of hydrogen-bond donors (Lipinski definition) is 0. The van der Waals surface area contributed by atoms with Crippen molar-refractivity contribution in [1.82, 2.24) is 0 Å². The van der Waals surface area contributed by atoms with Crippen LogP contribution in [0.2, 0.25) is 0 Å². The Labute approximate surface area is 151 Å². The summed E-state index contributed by atoms with van der Waals surface area (Å²) in [4.78, 5) is 9.13. The van der Waals surface area contributed by atoms with Crippen molar-refractivity contribution in [3.8, 4) is 0 Å². The highest BCUT2D eigenvalue weighted by Gasteiger charge is 2.03. The molecule has 0 atom stereocenters. The maximum absolute atomic E-state index is 4.65. The van der Waals surface area contributed by atoms with E-state index >= 15 is 0 Å². The number of benzene rings is 1. The summed E-state index contributed by atoms with van der Waals surface area (Å²) in [5.74, 6) is 0.715. The Bertz CT molecular complexity index is 757. The monoisotopic (exact) mass is 330 g/mol. The normalized spacial score (nSPS) is 12.6. The molecule has 1 aromatic carbocycles. The molecule has 0 N–H and O–H groups in total. The van der Waals surface area contributed by atoms with E-state index < -0.39 is 0 Å². The Hall–Kier alpha value is -3.00. The molecular weight excluding hydrogens is 304 g/mol. The van der Waals surface area contributed by atoms with Gasteiger partial charge in [-0.1, -0.05) is 87.0 Å². The average Bonchev–Trinajstić information content (AvgIpc) is 2.63. The van der Waals surface area contributed by atoms with Crippen LogP contribution in [-0.2, 0) is 0 Å². The molecule has 0 saturated heterocycles. The highest BCUT2D eigenvalue weighted by molar-refractivity contribution is 6.12. The third-order valence-electron chi connectivity index (χ3n) is 3.41. The van der Waals surface area contributed by atoms with Gasteiger partial charge in [-0.05, 0) is 30.6 Å². The van der Waals surface area contributed by atoms with Gasteiger partial charge < -0.3 is 0 Å². The lowest BCUT2D eigenvalue weighted by molar-refractivity contribution is 1.12. The summed E-state index contributed by atoms with van der Waals surface area (Å²) in [5.41, 5.74) is 4.26. The van der Waals surface area contributed by atoms with Crippen LogP contribution in [0.25, 0.3) is 0 Å². The zero-order valence-corrected chi connectivity index (χ0v) is 15.2. The second-order valence-electron chi connectivity index (χ2n) is 5.37. The van der Waals surface area contributed by atoms with Crippen LogP contribution >= 0.6 is 0 Å². The lowest BCUT2D eigenvalue weighted by Gasteiger charge is -2.05. The third kappa shape index (κ3) is 6.96. The minimum atomic E-state index is 0.676. The standard InChI is InChI=1S/C23H26N2/c1-7-9-13-18(3)19(4)16-17-20(5)21(6)25-23(24-8-2)22-14-11-10-12-15-22/h7,9-17H,1,3-5,8H2,2,6H3/b13-9-,17-16-,24-23?,25-21?. The first-order chi connectivity index (χ1) is 12.0. The van der Waals surface area contributed by atoms with Crippen molar-refractivity contribution in [3.63, 3.8) is 0 Å². The summed E-state index contributed by atoms with van der Waals surface area (Å²) < 4.78 is 0. The largest absolute Gasteiger partial charge is 0.267 e. The van der Waals surface area contributed by atoms with Crippen molar-refractivity contribution >= 4 is 11.5 Å². The smallest absolute Gasteiger partial charge is 0.154 e. The third-order valence-corrected chi connectivity index (χ3v) is 3.41. The molecule has 0 heterocycles. The molecule has 0 amide bonds.